The topological polar surface area (TPSA) is 3.01 Å². The van der Waals surface area contributed by atoms with Crippen molar-refractivity contribution in [3.05, 3.63) is 11.8 Å². The van der Waals surface area contributed by atoms with E-state index in [4.69, 9.17) is 0 Å². The van der Waals surface area contributed by atoms with Crippen LogP contribution in [0.4, 0.5) is 0 Å². The quantitative estimate of drug-likeness (QED) is 0.467. The molecule has 1 nitrogen and oxygen atoms in total. The van der Waals surface area contributed by atoms with Gasteiger partial charge in [0.05, 0.1) is 8.07 Å². The summed E-state index contributed by atoms with van der Waals surface area (Å²) in [5.74, 6) is 0. The van der Waals surface area contributed by atoms with Crippen LogP contribution in [0.1, 0.15) is 13.3 Å². The average molecular weight is 183 g/mol. The van der Waals surface area contributed by atoms with Gasteiger partial charge in [-0.2, -0.15) is 0 Å². The Bertz CT molecular complexity index is 159. The standard InChI is InChI=1S/C10H21NSi/c1-4-9-12(2,3)10-5-6-11-7-8-11/h4,9H,5-8,10H2,1-3H3. The molecule has 70 valence electrons. The highest BCUT2D eigenvalue weighted by atomic mass is 28.3. The van der Waals surface area contributed by atoms with Gasteiger partial charge in [0.1, 0.15) is 0 Å². The van der Waals surface area contributed by atoms with Gasteiger partial charge in [-0.1, -0.05) is 30.9 Å². The molecule has 12 heavy (non-hydrogen) atoms. The second-order valence-corrected chi connectivity index (χ2v) is 9.24. The van der Waals surface area contributed by atoms with E-state index in [0.29, 0.717) is 0 Å². The Morgan fingerprint density at radius 3 is 2.50 bits per heavy atom. The van der Waals surface area contributed by atoms with E-state index in [0.717, 1.165) is 0 Å². The van der Waals surface area contributed by atoms with Crippen molar-refractivity contribution in [1.29, 1.82) is 0 Å². The van der Waals surface area contributed by atoms with Crippen molar-refractivity contribution < 1.29 is 0 Å². The van der Waals surface area contributed by atoms with Crippen LogP contribution in [-0.4, -0.2) is 32.6 Å². The SMILES string of the molecule is CC=C[Si](C)(C)CCCN1CC1. The lowest BCUT2D eigenvalue weighted by molar-refractivity contribution is 0.550. The third kappa shape index (κ3) is 4.07. The first-order valence-electron chi connectivity index (χ1n) is 5.00. The van der Waals surface area contributed by atoms with Gasteiger partial charge in [0.2, 0.25) is 0 Å². The van der Waals surface area contributed by atoms with E-state index in [2.05, 4.69) is 36.7 Å². The maximum absolute atomic E-state index is 2.51. The molecule has 1 aliphatic rings. The van der Waals surface area contributed by atoms with Crippen LogP contribution >= 0.6 is 0 Å². The summed E-state index contributed by atoms with van der Waals surface area (Å²) in [6.45, 7) is 11.1. The van der Waals surface area contributed by atoms with E-state index >= 15 is 0 Å². The Labute approximate surface area is 77.5 Å². The smallest absolute Gasteiger partial charge is 0.0713 e. The number of hydrogen-bond donors (Lipinski definition) is 0. The third-order valence-electron chi connectivity index (χ3n) is 2.45. The summed E-state index contributed by atoms with van der Waals surface area (Å²) in [4.78, 5) is 2.51. The molecule has 0 atom stereocenters. The molecule has 0 radical (unpaired) electrons. The summed E-state index contributed by atoms with van der Waals surface area (Å²) in [6, 6.07) is 1.45. The van der Waals surface area contributed by atoms with E-state index in [1.165, 1.54) is 32.1 Å². The Morgan fingerprint density at radius 2 is 2.00 bits per heavy atom. The highest BCUT2D eigenvalue weighted by Crippen LogP contribution is 2.15. The van der Waals surface area contributed by atoms with Crippen molar-refractivity contribution in [1.82, 2.24) is 4.90 Å². The Hall–Kier alpha value is -0.0831. The predicted molar refractivity (Wildman–Crippen MR) is 58.2 cm³/mol. The van der Waals surface area contributed by atoms with Crippen molar-refractivity contribution >= 4 is 8.07 Å². The molecule has 0 bridgehead atoms. The van der Waals surface area contributed by atoms with Crippen LogP contribution in [0.25, 0.3) is 0 Å². The lowest BCUT2D eigenvalue weighted by atomic mass is 10.5. The van der Waals surface area contributed by atoms with Crippen LogP contribution in [0.3, 0.4) is 0 Å². The first kappa shape index (κ1) is 10.0. The highest BCUT2D eigenvalue weighted by molar-refractivity contribution is 6.82. The molecular formula is C10H21NSi. The van der Waals surface area contributed by atoms with Crippen LogP contribution in [-0.2, 0) is 0 Å². The first-order valence-corrected chi connectivity index (χ1v) is 8.29. The minimum absolute atomic E-state index is 0.950. The van der Waals surface area contributed by atoms with Gasteiger partial charge in [0.15, 0.2) is 0 Å². The van der Waals surface area contributed by atoms with Crippen molar-refractivity contribution in [2.75, 3.05) is 19.6 Å². The summed E-state index contributed by atoms with van der Waals surface area (Å²) < 4.78 is 0. The van der Waals surface area contributed by atoms with Crippen molar-refractivity contribution in [2.45, 2.75) is 32.5 Å². The Morgan fingerprint density at radius 1 is 1.33 bits per heavy atom. The molecule has 0 saturated carbocycles. The zero-order chi connectivity index (χ0) is 9.03. The number of allylic oxidation sites excluding steroid dienone is 1. The summed E-state index contributed by atoms with van der Waals surface area (Å²) in [5, 5.41) is 0. The average Bonchev–Trinajstić information content (AvgIpc) is 2.70. The fraction of sp³-hybridized carbons (Fsp3) is 0.800. The van der Waals surface area contributed by atoms with Gasteiger partial charge in [0, 0.05) is 13.1 Å². The summed E-state index contributed by atoms with van der Waals surface area (Å²) >= 11 is 0. The van der Waals surface area contributed by atoms with Gasteiger partial charge in [-0.05, 0) is 19.9 Å². The molecule has 2 heteroatoms. The van der Waals surface area contributed by atoms with Crippen LogP contribution in [0.15, 0.2) is 11.8 Å². The molecule has 1 aliphatic heterocycles. The van der Waals surface area contributed by atoms with E-state index in [9.17, 15) is 0 Å². The predicted octanol–water partition coefficient (Wildman–Crippen LogP) is 2.52. The third-order valence-corrected chi connectivity index (χ3v) is 5.33. The largest absolute Gasteiger partial charge is 0.301 e. The summed E-state index contributed by atoms with van der Waals surface area (Å²) in [5.41, 5.74) is 2.45. The minimum Gasteiger partial charge on any atom is -0.301 e. The lowest BCUT2D eigenvalue weighted by Gasteiger charge is -2.17. The van der Waals surface area contributed by atoms with E-state index in [1.807, 2.05) is 0 Å². The number of hydrogen-bond acceptors (Lipinski definition) is 1. The molecule has 0 N–H and O–H groups in total. The molecule has 0 aromatic heterocycles. The highest BCUT2D eigenvalue weighted by Gasteiger charge is 2.19. The van der Waals surface area contributed by atoms with E-state index < -0.39 is 8.07 Å². The molecular weight excluding hydrogens is 162 g/mol. The van der Waals surface area contributed by atoms with Crippen molar-refractivity contribution in [3.8, 4) is 0 Å². The maximum Gasteiger partial charge on any atom is 0.0713 e. The van der Waals surface area contributed by atoms with Crippen LogP contribution in [0.2, 0.25) is 19.1 Å². The monoisotopic (exact) mass is 183 g/mol. The molecule has 1 saturated heterocycles. The second kappa shape index (κ2) is 4.24. The zero-order valence-corrected chi connectivity index (χ0v) is 9.64. The summed E-state index contributed by atoms with van der Waals surface area (Å²) in [7, 11) is -0.950. The number of nitrogens with zero attached hydrogens (tertiary/aromatic N) is 1. The van der Waals surface area contributed by atoms with Gasteiger partial charge in [-0.25, -0.2) is 0 Å². The molecule has 0 amide bonds. The zero-order valence-electron chi connectivity index (χ0n) is 8.64. The van der Waals surface area contributed by atoms with Gasteiger partial charge < -0.3 is 4.90 Å². The molecule has 0 aromatic carbocycles. The van der Waals surface area contributed by atoms with Gasteiger partial charge in [-0.3, -0.25) is 0 Å². The van der Waals surface area contributed by atoms with Gasteiger partial charge >= 0.3 is 0 Å². The van der Waals surface area contributed by atoms with Crippen LogP contribution in [0.5, 0.6) is 0 Å². The molecule has 0 spiro atoms. The van der Waals surface area contributed by atoms with E-state index in [-0.39, 0.29) is 0 Å². The molecule has 1 rings (SSSR count). The fourth-order valence-electron chi connectivity index (χ4n) is 1.59. The normalized spacial score (nSPS) is 18.9. The van der Waals surface area contributed by atoms with Crippen molar-refractivity contribution in [3.63, 3.8) is 0 Å². The lowest BCUT2D eigenvalue weighted by Crippen LogP contribution is -2.23. The molecule has 0 unspecified atom stereocenters. The van der Waals surface area contributed by atoms with Crippen LogP contribution in [0, 0.1) is 0 Å². The first-order chi connectivity index (χ1) is 5.64. The second-order valence-electron chi connectivity index (χ2n) is 4.43. The molecule has 0 aliphatic carbocycles. The summed E-state index contributed by atoms with van der Waals surface area (Å²) in [6.07, 6.45) is 3.63. The molecule has 1 fully saturated rings. The maximum atomic E-state index is 2.51. The number of rotatable bonds is 5. The molecule has 1 heterocycles. The van der Waals surface area contributed by atoms with Crippen molar-refractivity contribution in [2.24, 2.45) is 0 Å². The Balaban J connectivity index is 2.10. The fourth-order valence-corrected chi connectivity index (χ4v) is 3.73. The van der Waals surface area contributed by atoms with Gasteiger partial charge in [0.25, 0.3) is 0 Å². The molecule has 0 aromatic rings. The van der Waals surface area contributed by atoms with E-state index in [1.54, 1.807) is 0 Å². The van der Waals surface area contributed by atoms with Gasteiger partial charge in [-0.15, -0.1) is 0 Å². The van der Waals surface area contributed by atoms with Crippen LogP contribution < -0.4 is 0 Å². The minimum atomic E-state index is -0.950. The Kier molecular flexibility index (Phi) is 3.53.